The van der Waals surface area contributed by atoms with Gasteiger partial charge < -0.3 is 15.3 Å². The van der Waals surface area contributed by atoms with Crippen LogP contribution in [0.25, 0.3) is 0 Å². The molecule has 0 aliphatic carbocycles. The van der Waals surface area contributed by atoms with Crippen molar-refractivity contribution in [2.24, 2.45) is 0 Å². The monoisotopic (exact) mass is 412 g/mol. The van der Waals surface area contributed by atoms with E-state index in [1.165, 1.54) is 36.4 Å². The Bertz CT molecular complexity index is 1160. The van der Waals surface area contributed by atoms with Gasteiger partial charge in [0.05, 0.1) is 9.79 Å². The summed E-state index contributed by atoms with van der Waals surface area (Å²) in [5.41, 5.74) is 3.27. The Hall–Kier alpha value is -2.99. The third-order valence-electron chi connectivity index (χ3n) is 4.98. The van der Waals surface area contributed by atoms with Crippen LogP contribution < -0.4 is 0 Å². The summed E-state index contributed by atoms with van der Waals surface area (Å²) in [7, 11) is -3.83. The van der Waals surface area contributed by atoms with E-state index in [1.807, 2.05) is 26.0 Å². The molecule has 0 heterocycles. The average Bonchev–Trinajstić information content (AvgIpc) is 2.67. The summed E-state index contributed by atoms with van der Waals surface area (Å²) in [5, 5.41) is 30.5. The second-order valence-electron chi connectivity index (χ2n) is 7.21. The SMILES string of the molecule is CCc1cc(S(=O)(=O)c2ccc(O)cc2)cc(Cc2cc(C)cc(C)c2O)c1O. The van der Waals surface area contributed by atoms with E-state index in [0.717, 1.165) is 11.1 Å². The maximum atomic E-state index is 13.1. The fourth-order valence-electron chi connectivity index (χ4n) is 3.44. The van der Waals surface area contributed by atoms with Crippen LogP contribution >= 0.6 is 0 Å². The summed E-state index contributed by atoms with van der Waals surface area (Å²) in [4.78, 5) is 0.125. The summed E-state index contributed by atoms with van der Waals surface area (Å²) < 4.78 is 26.2. The van der Waals surface area contributed by atoms with Gasteiger partial charge in [-0.15, -0.1) is 0 Å². The highest BCUT2D eigenvalue weighted by atomic mass is 32.2. The van der Waals surface area contributed by atoms with Crippen molar-refractivity contribution in [2.75, 3.05) is 0 Å². The van der Waals surface area contributed by atoms with Gasteiger partial charge in [-0.05, 0) is 78.9 Å². The number of benzene rings is 3. The lowest BCUT2D eigenvalue weighted by atomic mass is 9.97. The summed E-state index contributed by atoms with van der Waals surface area (Å²) in [6.07, 6.45) is 0.655. The highest BCUT2D eigenvalue weighted by Gasteiger charge is 2.22. The van der Waals surface area contributed by atoms with Gasteiger partial charge in [0.25, 0.3) is 0 Å². The van der Waals surface area contributed by atoms with Crippen LogP contribution in [0.15, 0.2) is 58.3 Å². The van der Waals surface area contributed by atoms with Gasteiger partial charge in [0.1, 0.15) is 17.2 Å². The van der Waals surface area contributed by atoms with Crippen molar-refractivity contribution in [3.63, 3.8) is 0 Å². The molecule has 0 aliphatic heterocycles. The molecular weight excluding hydrogens is 388 g/mol. The number of hydrogen-bond donors (Lipinski definition) is 3. The molecule has 0 atom stereocenters. The predicted molar refractivity (Wildman–Crippen MR) is 111 cm³/mol. The molecule has 0 aromatic heterocycles. The predicted octanol–water partition coefficient (Wildman–Crippen LogP) is 4.41. The van der Waals surface area contributed by atoms with Crippen LogP contribution in [0.5, 0.6) is 17.2 Å². The highest BCUT2D eigenvalue weighted by molar-refractivity contribution is 7.91. The Labute approximate surface area is 170 Å². The van der Waals surface area contributed by atoms with Gasteiger partial charge in [0.15, 0.2) is 0 Å². The van der Waals surface area contributed by atoms with Gasteiger partial charge in [0.2, 0.25) is 9.84 Å². The molecule has 0 unspecified atom stereocenters. The van der Waals surface area contributed by atoms with Gasteiger partial charge in [0, 0.05) is 6.42 Å². The lowest BCUT2D eigenvalue weighted by Gasteiger charge is -2.15. The van der Waals surface area contributed by atoms with Crippen molar-refractivity contribution in [3.05, 3.63) is 76.3 Å². The standard InChI is InChI=1S/C23H24O5S/c1-4-16-12-21(29(27,28)20-7-5-19(24)6-8-20)13-18(23(16)26)11-17-10-14(2)9-15(3)22(17)25/h5-10,12-13,24-26H,4,11H2,1-3H3. The van der Waals surface area contributed by atoms with Crippen LogP contribution in [0, 0.1) is 13.8 Å². The number of sulfone groups is 1. The van der Waals surface area contributed by atoms with E-state index >= 15 is 0 Å². The van der Waals surface area contributed by atoms with Crippen molar-refractivity contribution in [3.8, 4) is 17.2 Å². The minimum absolute atomic E-state index is 0.0186. The van der Waals surface area contributed by atoms with Gasteiger partial charge in [-0.1, -0.05) is 24.6 Å². The molecule has 3 aromatic rings. The highest BCUT2D eigenvalue weighted by Crippen LogP contribution is 2.34. The summed E-state index contributed by atoms with van der Waals surface area (Å²) in [6.45, 7) is 5.55. The number of aryl methyl sites for hydroxylation is 3. The Morgan fingerprint density at radius 2 is 1.34 bits per heavy atom. The minimum Gasteiger partial charge on any atom is -0.508 e. The second-order valence-corrected chi connectivity index (χ2v) is 9.16. The first-order chi connectivity index (χ1) is 13.6. The summed E-state index contributed by atoms with van der Waals surface area (Å²) >= 11 is 0. The molecule has 0 saturated carbocycles. The molecule has 0 bridgehead atoms. The quantitative estimate of drug-likeness (QED) is 0.577. The molecule has 3 aromatic carbocycles. The largest absolute Gasteiger partial charge is 0.508 e. The minimum atomic E-state index is -3.83. The molecule has 29 heavy (non-hydrogen) atoms. The average molecular weight is 413 g/mol. The molecule has 3 N–H and O–H groups in total. The maximum absolute atomic E-state index is 13.1. The Morgan fingerprint density at radius 3 is 1.97 bits per heavy atom. The Balaban J connectivity index is 2.14. The third-order valence-corrected chi connectivity index (χ3v) is 6.73. The Kier molecular flexibility index (Phi) is 5.57. The van der Waals surface area contributed by atoms with Crippen molar-refractivity contribution in [1.82, 2.24) is 0 Å². The first-order valence-electron chi connectivity index (χ1n) is 9.31. The zero-order valence-corrected chi connectivity index (χ0v) is 17.4. The zero-order chi connectivity index (χ0) is 21.3. The van der Waals surface area contributed by atoms with Gasteiger partial charge in [-0.3, -0.25) is 0 Å². The fourth-order valence-corrected chi connectivity index (χ4v) is 4.80. The fraction of sp³-hybridized carbons (Fsp3) is 0.217. The van der Waals surface area contributed by atoms with Crippen molar-refractivity contribution in [2.45, 2.75) is 43.4 Å². The van der Waals surface area contributed by atoms with Crippen molar-refractivity contribution < 1.29 is 23.7 Å². The smallest absolute Gasteiger partial charge is 0.206 e. The molecule has 6 heteroatoms. The zero-order valence-electron chi connectivity index (χ0n) is 16.6. The van der Waals surface area contributed by atoms with Crippen LogP contribution in [-0.2, 0) is 22.7 Å². The first kappa shape index (κ1) is 20.7. The first-order valence-corrected chi connectivity index (χ1v) is 10.8. The molecule has 0 amide bonds. The van der Waals surface area contributed by atoms with E-state index in [0.29, 0.717) is 23.1 Å². The lowest BCUT2D eigenvalue weighted by Crippen LogP contribution is -2.05. The van der Waals surface area contributed by atoms with Crippen LogP contribution in [-0.4, -0.2) is 23.7 Å². The summed E-state index contributed by atoms with van der Waals surface area (Å²) in [6, 6.07) is 12.0. The van der Waals surface area contributed by atoms with E-state index in [9.17, 15) is 23.7 Å². The number of hydrogen-bond acceptors (Lipinski definition) is 5. The van der Waals surface area contributed by atoms with Crippen LogP contribution in [0.1, 0.15) is 34.7 Å². The molecule has 0 radical (unpaired) electrons. The molecular formula is C23H24O5S. The van der Waals surface area contributed by atoms with Crippen molar-refractivity contribution >= 4 is 9.84 Å². The van der Waals surface area contributed by atoms with Gasteiger partial charge >= 0.3 is 0 Å². The van der Waals surface area contributed by atoms with Crippen LogP contribution in [0.2, 0.25) is 0 Å². The third kappa shape index (κ3) is 4.07. The van der Waals surface area contributed by atoms with E-state index in [2.05, 4.69) is 0 Å². The number of rotatable bonds is 5. The van der Waals surface area contributed by atoms with E-state index in [4.69, 9.17) is 0 Å². The second kappa shape index (κ2) is 7.79. The Morgan fingerprint density at radius 1 is 0.759 bits per heavy atom. The maximum Gasteiger partial charge on any atom is 0.206 e. The lowest BCUT2D eigenvalue weighted by molar-refractivity contribution is 0.456. The number of phenolic OH excluding ortho intramolecular Hbond substituents is 3. The van der Waals surface area contributed by atoms with Gasteiger partial charge in [-0.25, -0.2) is 8.42 Å². The molecule has 0 spiro atoms. The molecule has 0 saturated heterocycles. The van der Waals surface area contributed by atoms with E-state index in [1.54, 1.807) is 6.92 Å². The van der Waals surface area contributed by atoms with Crippen molar-refractivity contribution in [1.29, 1.82) is 0 Å². The molecule has 152 valence electrons. The molecule has 5 nitrogen and oxygen atoms in total. The van der Waals surface area contributed by atoms with E-state index in [-0.39, 0.29) is 33.5 Å². The van der Waals surface area contributed by atoms with E-state index < -0.39 is 9.84 Å². The molecule has 3 rings (SSSR count). The molecule has 0 aliphatic rings. The summed E-state index contributed by atoms with van der Waals surface area (Å²) in [5.74, 6) is 0.158. The van der Waals surface area contributed by atoms with Crippen LogP contribution in [0.4, 0.5) is 0 Å². The van der Waals surface area contributed by atoms with Gasteiger partial charge in [-0.2, -0.15) is 0 Å². The topological polar surface area (TPSA) is 94.8 Å². The molecule has 0 fully saturated rings. The normalized spacial score (nSPS) is 11.6. The number of phenols is 3. The number of aromatic hydroxyl groups is 3. The van der Waals surface area contributed by atoms with Crippen LogP contribution in [0.3, 0.4) is 0 Å².